The summed E-state index contributed by atoms with van der Waals surface area (Å²) in [5, 5.41) is 0. The lowest BCUT2D eigenvalue weighted by atomic mass is 9.95. The lowest BCUT2D eigenvalue weighted by Crippen LogP contribution is -2.19. The van der Waals surface area contributed by atoms with Crippen molar-refractivity contribution in [2.45, 2.75) is 46.5 Å². The predicted molar refractivity (Wildman–Crippen MR) is 75.3 cm³/mol. The number of aryl methyl sites for hydroxylation is 1. The third kappa shape index (κ3) is 4.88. The van der Waals surface area contributed by atoms with Gasteiger partial charge in [-0.2, -0.15) is 8.78 Å². The van der Waals surface area contributed by atoms with Crippen LogP contribution in [0.3, 0.4) is 0 Å². The predicted octanol–water partition coefficient (Wildman–Crippen LogP) is 3.80. The molecule has 1 aromatic heterocycles. The van der Waals surface area contributed by atoms with Crippen molar-refractivity contribution >= 4 is 5.97 Å². The van der Waals surface area contributed by atoms with Crippen LogP contribution in [0, 0.1) is 6.92 Å². The molecular weight excluding hydrogens is 278 g/mol. The van der Waals surface area contributed by atoms with E-state index in [2.05, 4.69) is 9.97 Å². The summed E-state index contributed by atoms with van der Waals surface area (Å²) in [5.74, 6) is 0.0369. The van der Waals surface area contributed by atoms with Gasteiger partial charge in [0.15, 0.2) is 0 Å². The summed E-state index contributed by atoms with van der Waals surface area (Å²) in [7, 11) is 0. The first kappa shape index (κ1) is 17.2. The van der Waals surface area contributed by atoms with Crippen LogP contribution < -0.4 is 0 Å². The maximum Gasteiger partial charge on any atom is 0.341 e. The summed E-state index contributed by atoms with van der Waals surface area (Å²) in [6.45, 7) is 8.82. The molecule has 0 N–H and O–H groups in total. The standard InChI is InChI=1S/C15H20F2N2O2/c1-9(12(16)17)6-7-21-13(20)11-8-18-14(15(3,4)5)19-10(11)2/h8H,6-7H2,1-5H3. The SMILES string of the molecule is CC(CCOC(=O)c1cnc(C(C)(C)C)nc1C)=C(F)F. The summed E-state index contributed by atoms with van der Waals surface area (Å²) in [6, 6.07) is 0. The third-order valence-corrected chi connectivity index (χ3v) is 2.90. The highest BCUT2D eigenvalue weighted by Crippen LogP contribution is 2.19. The fourth-order valence-corrected chi connectivity index (χ4v) is 1.50. The van der Waals surface area contributed by atoms with E-state index in [-0.39, 0.29) is 29.6 Å². The second-order valence-electron chi connectivity index (χ2n) is 5.87. The van der Waals surface area contributed by atoms with E-state index in [9.17, 15) is 13.6 Å². The second kappa shape index (κ2) is 6.74. The first-order valence-electron chi connectivity index (χ1n) is 6.65. The van der Waals surface area contributed by atoms with Gasteiger partial charge in [-0.05, 0) is 19.4 Å². The highest BCUT2D eigenvalue weighted by Gasteiger charge is 2.20. The Morgan fingerprint density at radius 1 is 1.33 bits per heavy atom. The molecule has 0 fully saturated rings. The van der Waals surface area contributed by atoms with E-state index in [0.29, 0.717) is 11.5 Å². The van der Waals surface area contributed by atoms with Crippen molar-refractivity contribution in [2.75, 3.05) is 6.61 Å². The van der Waals surface area contributed by atoms with Gasteiger partial charge in [-0.25, -0.2) is 14.8 Å². The van der Waals surface area contributed by atoms with Gasteiger partial charge >= 0.3 is 5.97 Å². The van der Waals surface area contributed by atoms with Gasteiger partial charge in [0.25, 0.3) is 6.08 Å². The summed E-state index contributed by atoms with van der Waals surface area (Å²) in [4.78, 5) is 20.3. The van der Waals surface area contributed by atoms with Gasteiger partial charge in [0.2, 0.25) is 0 Å². The molecule has 21 heavy (non-hydrogen) atoms. The van der Waals surface area contributed by atoms with Gasteiger partial charge < -0.3 is 4.74 Å². The number of nitrogens with zero attached hydrogens (tertiary/aromatic N) is 2. The fourth-order valence-electron chi connectivity index (χ4n) is 1.50. The maximum absolute atomic E-state index is 12.2. The minimum atomic E-state index is -1.74. The highest BCUT2D eigenvalue weighted by molar-refractivity contribution is 5.90. The van der Waals surface area contributed by atoms with Gasteiger partial charge in [-0.15, -0.1) is 0 Å². The first-order chi connectivity index (χ1) is 9.62. The summed E-state index contributed by atoms with van der Waals surface area (Å²) >= 11 is 0. The molecule has 0 atom stereocenters. The molecule has 0 radical (unpaired) electrons. The molecule has 0 bridgehead atoms. The van der Waals surface area contributed by atoms with Crippen molar-refractivity contribution in [2.24, 2.45) is 0 Å². The molecule has 1 heterocycles. The molecule has 0 saturated heterocycles. The number of ether oxygens (including phenoxy) is 1. The largest absolute Gasteiger partial charge is 0.462 e. The average Bonchev–Trinajstić information content (AvgIpc) is 2.36. The number of hydrogen-bond acceptors (Lipinski definition) is 4. The fraction of sp³-hybridized carbons (Fsp3) is 0.533. The Labute approximate surface area is 123 Å². The van der Waals surface area contributed by atoms with Crippen molar-refractivity contribution in [3.8, 4) is 0 Å². The summed E-state index contributed by atoms with van der Waals surface area (Å²) in [5.41, 5.74) is 0.473. The van der Waals surface area contributed by atoms with Crippen molar-refractivity contribution in [3.05, 3.63) is 34.9 Å². The Morgan fingerprint density at radius 2 is 1.95 bits per heavy atom. The van der Waals surface area contributed by atoms with E-state index in [1.807, 2.05) is 20.8 Å². The Morgan fingerprint density at radius 3 is 2.43 bits per heavy atom. The molecule has 0 unspecified atom stereocenters. The molecule has 0 saturated carbocycles. The maximum atomic E-state index is 12.2. The molecule has 1 rings (SSSR count). The molecule has 116 valence electrons. The van der Waals surface area contributed by atoms with Crippen LogP contribution in [0.25, 0.3) is 0 Å². The van der Waals surface area contributed by atoms with Crippen LogP contribution in [0.5, 0.6) is 0 Å². The van der Waals surface area contributed by atoms with Crippen LogP contribution in [0.4, 0.5) is 8.78 Å². The number of carbonyl (C=O) groups excluding carboxylic acids is 1. The molecule has 0 spiro atoms. The molecule has 0 aliphatic heterocycles. The third-order valence-electron chi connectivity index (χ3n) is 2.90. The smallest absolute Gasteiger partial charge is 0.341 e. The lowest BCUT2D eigenvalue weighted by molar-refractivity contribution is 0.0505. The van der Waals surface area contributed by atoms with Crippen LogP contribution in [0.2, 0.25) is 0 Å². The van der Waals surface area contributed by atoms with E-state index >= 15 is 0 Å². The van der Waals surface area contributed by atoms with Crippen molar-refractivity contribution in [1.29, 1.82) is 0 Å². The van der Waals surface area contributed by atoms with E-state index in [1.165, 1.54) is 13.1 Å². The topological polar surface area (TPSA) is 52.1 Å². The van der Waals surface area contributed by atoms with Crippen LogP contribution in [-0.2, 0) is 10.2 Å². The van der Waals surface area contributed by atoms with E-state index in [0.717, 1.165) is 0 Å². The molecule has 0 aliphatic rings. The zero-order valence-corrected chi connectivity index (χ0v) is 13.0. The number of esters is 1. The van der Waals surface area contributed by atoms with E-state index < -0.39 is 12.0 Å². The van der Waals surface area contributed by atoms with E-state index in [4.69, 9.17) is 4.74 Å². The average molecular weight is 298 g/mol. The molecular formula is C15H20F2N2O2. The van der Waals surface area contributed by atoms with E-state index in [1.54, 1.807) is 6.92 Å². The Kier molecular flexibility index (Phi) is 5.52. The first-order valence-corrected chi connectivity index (χ1v) is 6.65. The number of hydrogen-bond donors (Lipinski definition) is 0. The minimum Gasteiger partial charge on any atom is -0.462 e. The number of carbonyl (C=O) groups is 1. The number of halogens is 2. The minimum absolute atomic E-state index is 0.00799. The van der Waals surface area contributed by atoms with Gasteiger partial charge in [-0.3, -0.25) is 0 Å². The lowest BCUT2D eigenvalue weighted by Gasteiger charge is -2.17. The van der Waals surface area contributed by atoms with Gasteiger partial charge in [0.1, 0.15) is 5.82 Å². The number of aromatic nitrogens is 2. The van der Waals surface area contributed by atoms with Crippen molar-refractivity contribution in [3.63, 3.8) is 0 Å². The monoisotopic (exact) mass is 298 g/mol. The molecule has 0 aromatic carbocycles. The zero-order chi connectivity index (χ0) is 16.2. The van der Waals surface area contributed by atoms with Crippen molar-refractivity contribution < 1.29 is 18.3 Å². The van der Waals surface area contributed by atoms with Gasteiger partial charge in [0.05, 0.1) is 17.9 Å². The Hall–Kier alpha value is -1.85. The molecule has 4 nitrogen and oxygen atoms in total. The molecule has 0 aliphatic carbocycles. The molecule has 1 aromatic rings. The van der Waals surface area contributed by atoms with Gasteiger partial charge in [-0.1, -0.05) is 20.8 Å². The molecule has 0 amide bonds. The van der Waals surface area contributed by atoms with Gasteiger partial charge in [0, 0.05) is 18.0 Å². The van der Waals surface area contributed by atoms with Crippen LogP contribution in [-0.4, -0.2) is 22.5 Å². The zero-order valence-electron chi connectivity index (χ0n) is 13.0. The summed E-state index contributed by atoms with van der Waals surface area (Å²) < 4.78 is 29.4. The van der Waals surface area contributed by atoms with Crippen LogP contribution in [0.1, 0.15) is 56.0 Å². The number of rotatable bonds is 4. The quantitative estimate of drug-likeness (QED) is 0.793. The van der Waals surface area contributed by atoms with Crippen LogP contribution in [0.15, 0.2) is 17.9 Å². The highest BCUT2D eigenvalue weighted by atomic mass is 19.3. The molecule has 6 heteroatoms. The van der Waals surface area contributed by atoms with Crippen LogP contribution >= 0.6 is 0 Å². The van der Waals surface area contributed by atoms with Crippen molar-refractivity contribution in [1.82, 2.24) is 9.97 Å². The Bertz CT molecular complexity index is 559. The Balaban J connectivity index is 2.74. The second-order valence-corrected chi connectivity index (χ2v) is 5.87. The normalized spacial score (nSPS) is 11.2. The summed E-state index contributed by atoms with van der Waals surface area (Å²) in [6.07, 6.45) is -0.308.